The number of thiocarbonyl (C=S) groups is 1. The number of hydrogen-bond donors (Lipinski definition) is 1. The Morgan fingerprint density at radius 2 is 1.86 bits per heavy atom. The Morgan fingerprint density at radius 3 is 2.46 bits per heavy atom. The van der Waals surface area contributed by atoms with Crippen LogP contribution in [-0.2, 0) is 10.0 Å². The van der Waals surface area contributed by atoms with E-state index in [1.54, 1.807) is 10.4 Å². The summed E-state index contributed by atoms with van der Waals surface area (Å²) in [5.41, 5.74) is 1.75. The summed E-state index contributed by atoms with van der Waals surface area (Å²) < 4.78 is 27.7. The highest BCUT2D eigenvalue weighted by atomic mass is 32.2. The number of unbranched alkanes of at least 4 members (excludes halogenated alkanes) is 1. The van der Waals surface area contributed by atoms with Gasteiger partial charge in [-0.3, -0.25) is 0 Å². The fraction of sp³-hybridized carbons (Fsp3) is 0.667. The molecule has 1 fully saturated rings. The summed E-state index contributed by atoms with van der Waals surface area (Å²) in [6, 6.07) is 5.59. The van der Waals surface area contributed by atoms with Crippen molar-refractivity contribution in [3.63, 3.8) is 0 Å². The lowest BCUT2D eigenvalue weighted by atomic mass is 9.99. The molecule has 1 aromatic carbocycles. The van der Waals surface area contributed by atoms with Gasteiger partial charge in [-0.15, -0.1) is 0 Å². The van der Waals surface area contributed by atoms with Crippen LogP contribution in [0.4, 0.5) is 0 Å². The molecule has 158 valence electrons. The molecule has 1 N–H and O–H groups in total. The van der Waals surface area contributed by atoms with E-state index < -0.39 is 10.0 Å². The number of hydrogen-bond acceptors (Lipinski definition) is 3. The largest absolute Gasteiger partial charge is 0.362 e. The lowest BCUT2D eigenvalue weighted by molar-refractivity contribution is 0.262. The second kappa shape index (κ2) is 10.6. The highest BCUT2D eigenvalue weighted by Gasteiger charge is 2.30. The van der Waals surface area contributed by atoms with Crippen LogP contribution in [0.25, 0.3) is 0 Å². The van der Waals surface area contributed by atoms with Crippen LogP contribution in [0.5, 0.6) is 0 Å². The van der Waals surface area contributed by atoms with E-state index in [0.29, 0.717) is 37.0 Å². The highest BCUT2D eigenvalue weighted by molar-refractivity contribution is 7.89. The average molecular weight is 426 g/mol. The number of nitrogens with one attached hydrogen (secondary N) is 1. The fourth-order valence-electron chi connectivity index (χ4n) is 3.54. The van der Waals surface area contributed by atoms with Crippen LogP contribution >= 0.6 is 12.2 Å². The van der Waals surface area contributed by atoms with Crippen molar-refractivity contribution in [1.29, 1.82) is 0 Å². The van der Waals surface area contributed by atoms with Crippen molar-refractivity contribution in [2.75, 3.05) is 32.7 Å². The van der Waals surface area contributed by atoms with E-state index in [0.717, 1.165) is 29.2 Å². The Balaban J connectivity index is 1.91. The molecular formula is C21H35N3O2S2. The minimum atomic E-state index is -3.46. The van der Waals surface area contributed by atoms with Gasteiger partial charge in [0, 0.05) is 32.7 Å². The molecule has 2 rings (SSSR count). The topological polar surface area (TPSA) is 52.6 Å². The molecule has 1 aromatic rings. The maximum Gasteiger partial charge on any atom is 0.243 e. The molecule has 0 spiro atoms. The standard InChI is InChI=1S/C21H35N3O2S2/c1-5-7-8-19(6-2)16-22-21(27)23-11-13-24(14-12-23)28(25,26)20-15-17(3)9-10-18(20)4/h9-10,15,19H,5-8,11-14,16H2,1-4H3,(H,22,27)/t19-/m1/s1. The Bertz CT molecular complexity index is 757. The zero-order valence-electron chi connectivity index (χ0n) is 17.7. The summed E-state index contributed by atoms with van der Waals surface area (Å²) in [6.45, 7) is 11.3. The summed E-state index contributed by atoms with van der Waals surface area (Å²) in [6.07, 6.45) is 4.85. The van der Waals surface area contributed by atoms with Crippen molar-refractivity contribution in [2.24, 2.45) is 5.92 Å². The second-order valence-corrected chi connectivity index (χ2v) is 10.1. The molecule has 0 aromatic heterocycles. The van der Waals surface area contributed by atoms with E-state index >= 15 is 0 Å². The van der Waals surface area contributed by atoms with Gasteiger partial charge in [0.1, 0.15) is 0 Å². The van der Waals surface area contributed by atoms with Crippen LogP contribution in [0.3, 0.4) is 0 Å². The first-order valence-corrected chi connectivity index (χ1v) is 12.2. The van der Waals surface area contributed by atoms with Crippen LogP contribution < -0.4 is 5.32 Å². The van der Waals surface area contributed by atoms with Gasteiger partial charge in [0.2, 0.25) is 10.0 Å². The van der Waals surface area contributed by atoms with Crippen molar-refractivity contribution < 1.29 is 8.42 Å². The Morgan fingerprint density at radius 1 is 1.18 bits per heavy atom. The van der Waals surface area contributed by atoms with Gasteiger partial charge in [0.25, 0.3) is 0 Å². The quantitative estimate of drug-likeness (QED) is 0.644. The first-order valence-electron chi connectivity index (χ1n) is 10.4. The molecule has 5 nitrogen and oxygen atoms in total. The van der Waals surface area contributed by atoms with E-state index in [2.05, 4.69) is 24.1 Å². The molecule has 0 unspecified atom stereocenters. The van der Waals surface area contributed by atoms with Crippen molar-refractivity contribution in [3.8, 4) is 0 Å². The number of nitrogens with zero attached hydrogens (tertiary/aromatic N) is 2. The van der Waals surface area contributed by atoms with Crippen LogP contribution in [0.2, 0.25) is 0 Å². The van der Waals surface area contributed by atoms with Crippen LogP contribution in [-0.4, -0.2) is 55.5 Å². The number of benzene rings is 1. The van der Waals surface area contributed by atoms with Crippen molar-refractivity contribution in [3.05, 3.63) is 29.3 Å². The molecule has 0 bridgehead atoms. The average Bonchev–Trinajstić information content (AvgIpc) is 2.69. The summed E-state index contributed by atoms with van der Waals surface area (Å²) >= 11 is 5.56. The molecule has 0 aliphatic carbocycles. The number of sulfonamides is 1. The highest BCUT2D eigenvalue weighted by Crippen LogP contribution is 2.22. The zero-order valence-corrected chi connectivity index (χ0v) is 19.3. The molecule has 0 saturated carbocycles. The van der Waals surface area contributed by atoms with Gasteiger partial charge in [0.05, 0.1) is 4.90 Å². The Hall–Kier alpha value is -1.18. The first-order chi connectivity index (χ1) is 13.3. The number of piperazine rings is 1. The smallest absolute Gasteiger partial charge is 0.243 e. The summed E-state index contributed by atoms with van der Waals surface area (Å²) in [7, 11) is -3.46. The molecule has 7 heteroatoms. The third kappa shape index (κ3) is 5.91. The zero-order chi connectivity index (χ0) is 20.7. The molecule has 1 heterocycles. The minimum Gasteiger partial charge on any atom is -0.362 e. The van der Waals surface area contributed by atoms with Gasteiger partial charge in [-0.05, 0) is 55.6 Å². The summed E-state index contributed by atoms with van der Waals surface area (Å²) in [5, 5.41) is 4.15. The van der Waals surface area contributed by atoms with Crippen molar-refractivity contribution in [1.82, 2.24) is 14.5 Å². The van der Waals surface area contributed by atoms with Gasteiger partial charge in [-0.1, -0.05) is 45.2 Å². The molecule has 0 amide bonds. The first kappa shape index (κ1) is 23.1. The van der Waals surface area contributed by atoms with E-state index in [4.69, 9.17) is 12.2 Å². The fourth-order valence-corrected chi connectivity index (χ4v) is 5.54. The van der Waals surface area contributed by atoms with E-state index in [-0.39, 0.29) is 0 Å². The molecule has 1 aliphatic heterocycles. The van der Waals surface area contributed by atoms with Crippen LogP contribution in [0.1, 0.15) is 50.7 Å². The third-order valence-corrected chi connectivity index (χ3v) is 8.02. The van der Waals surface area contributed by atoms with E-state index in [1.807, 2.05) is 26.0 Å². The van der Waals surface area contributed by atoms with Gasteiger partial charge in [0.15, 0.2) is 5.11 Å². The monoisotopic (exact) mass is 425 g/mol. The van der Waals surface area contributed by atoms with Crippen molar-refractivity contribution in [2.45, 2.75) is 58.3 Å². The Labute approximate surface area is 176 Å². The maximum atomic E-state index is 13.1. The molecule has 0 radical (unpaired) electrons. The van der Waals surface area contributed by atoms with Gasteiger partial charge in [-0.2, -0.15) is 4.31 Å². The van der Waals surface area contributed by atoms with Crippen LogP contribution in [0, 0.1) is 19.8 Å². The lowest BCUT2D eigenvalue weighted by Gasteiger charge is -2.36. The third-order valence-electron chi connectivity index (χ3n) is 5.57. The predicted molar refractivity (Wildman–Crippen MR) is 120 cm³/mol. The van der Waals surface area contributed by atoms with E-state index in [1.165, 1.54) is 19.3 Å². The number of aryl methyl sites for hydroxylation is 2. The predicted octanol–water partition coefficient (Wildman–Crippen LogP) is 3.70. The molecule has 1 atom stereocenters. The number of rotatable bonds is 8. The molecule has 28 heavy (non-hydrogen) atoms. The second-order valence-electron chi connectivity index (χ2n) is 7.76. The molecule has 1 saturated heterocycles. The van der Waals surface area contributed by atoms with Crippen LogP contribution in [0.15, 0.2) is 23.1 Å². The van der Waals surface area contributed by atoms with E-state index in [9.17, 15) is 8.42 Å². The minimum absolute atomic E-state index is 0.420. The summed E-state index contributed by atoms with van der Waals surface area (Å²) in [4.78, 5) is 2.51. The normalized spacial score (nSPS) is 16.8. The maximum absolute atomic E-state index is 13.1. The lowest BCUT2D eigenvalue weighted by Crippen LogP contribution is -2.53. The van der Waals surface area contributed by atoms with Gasteiger partial charge >= 0.3 is 0 Å². The SMILES string of the molecule is CCCC[C@@H](CC)CNC(=S)N1CCN(S(=O)(=O)c2cc(C)ccc2C)CC1. The molecule has 1 aliphatic rings. The Kier molecular flexibility index (Phi) is 8.71. The van der Waals surface area contributed by atoms with Crippen molar-refractivity contribution >= 4 is 27.4 Å². The van der Waals surface area contributed by atoms with Gasteiger partial charge < -0.3 is 10.2 Å². The van der Waals surface area contributed by atoms with Gasteiger partial charge in [-0.25, -0.2) is 8.42 Å². The molecular weight excluding hydrogens is 390 g/mol. The summed E-state index contributed by atoms with van der Waals surface area (Å²) in [5.74, 6) is 0.642.